The van der Waals surface area contributed by atoms with E-state index in [9.17, 15) is 5.11 Å². The molecular formula is C14H22ClNO3. The van der Waals surface area contributed by atoms with Gasteiger partial charge >= 0.3 is 0 Å². The van der Waals surface area contributed by atoms with Gasteiger partial charge in [0.25, 0.3) is 0 Å². The Morgan fingerprint density at radius 2 is 2.16 bits per heavy atom. The molecule has 0 aliphatic carbocycles. The van der Waals surface area contributed by atoms with Crippen LogP contribution in [0.15, 0.2) is 24.3 Å². The third kappa shape index (κ3) is 8.06. The first-order valence-corrected chi connectivity index (χ1v) is 6.84. The van der Waals surface area contributed by atoms with E-state index in [-0.39, 0.29) is 12.7 Å². The Morgan fingerprint density at radius 3 is 2.84 bits per heavy atom. The number of aliphatic hydroxyl groups excluding tert-OH is 1. The lowest BCUT2D eigenvalue weighted by molar-refractivity contribution is 0.0735. The van der Waals surface area contributed by atoms with Crippen molar-refractivity contribution in [3.05, 3.63) is 29.3 Å². The molecule has 1 atom stereocenters. The van der Waals surface area contributed by atoms with Gasteiger partial charge in [-0.15, -0.1) is 0 Å². The molecule has 1 aromatic rings. The molecule has 5 heteroatoms. The van der Waals surface area contributed by atoms with Crippen LogP contribution < -0.4 is 10.1 Å². The van der Waals surface area contributed by atoms with E-state index in [1.165, 1.54) is 0 Å². The fourth-order valence-corrected chi connectivity index (χ4v) is 1.62. The molecule has 0 fully saturated rings. The standard InChI is InChI=1S/C14H22ClNO3/c1-11(2)18-7-6-16-9-13(17)10-19-14-5-3-4-12(15)8-14/h3-5,8,11,13,16-17H,6-7,9-10H2,1-2H3. The van der Waals surface area contributed by atoms with Crippen LogP contribution in [-0.4, -0.2) is 43.6 Å². The summed E-state index contributed by atoms with van der Waals surface area (Å²) in [5.41, 5.74) is 0. The predicted molar refractivity (Wildman–Crippen MR) is 76.9 cm³/mol. The van der Waals surface area contributed by atoms with Gasteiger partial charge in [-0.2, -0.15) is 0 Å². The van der Waals surface area contributed by atoms with Crippen molar-refractivity contribution in [1.29, 1.82) is 0 Å². The van der Waals surface area contributed by atoms with Crippen molar-refractivity contribution in [3.8, 4) is 5.75 Å². The van der Waals surface area contributed by atoms with Gasteiger partial charge in [0, 0.05) is 18.1 Å². The minimum atomic E-state index is -0.557. The van der Waals surface area contributed by atoms with Crippen molar-refractivity contribution >= 4 is 11.6 Å². The summed E-state index contributed by atoms with van der Waals surface area (Å²) in [6.07, 6.45) is -0.323. The number of aliphatic hydroxyl groups is 1. The molecule has 1 rings (SSSR count). The molecule has 0 heterocycles. The second-order valence-electron chi connectivity index (χ2n) is 4.55. The maximum Gasteiger partial charge on any atom is 0.120 e. The summed E-state index contributed by atoms with van der Waals surface area (Å²) in [5, 5.41) is 13.5. The van der Waals surface area contributed by atoms with Gasteiger partial charge in [0.05, 0.1) is 12.7 Å². The zero-order valence-electron chi connectivity index (χ0n) is 11.4. The molecule has 0 saturated heterocycles. The van der Waals surface area contributed by atoms with E-state index in [0.29, 0.717) is 30.5 Å². The van der Waals surface area contributed by atoms with Gasteiger partial charge in [-0.1, -0.05) is 17.7 Å². The van der Waals surface area contributed by atoms with Crippen LogP contribution >= 0.6 is 11.6 Å². The van der Waals surface area contributed by atoms with Crippen LogP contribution in [-0.2, 0) is 4.74 Å². The van der Waals surface area contributed by atoms with Crippen molar-refractivity contribution < 1.29 is 14.6 Å². The van der Waals surface area contributed by atoms with E-state index in [2.05, 4.69) is 5.32 Å². The number of rotatable bonds is 9. The lowest BCUT2D eigenvalue weighted by Gasteiger charge is -2.14. The predicted octanol–water partition coefficient (Wildman–Crippen LogP) is 2.09. The van der Waals surface area contributed by atoms with Gasteiger partial charge < -0.3 is 19.9 Å². The minimum absolute atomic E-state index is 0.234. The molecule has 19 heavy (non-hydrogen) atoms. The molecule has 0 radical (unpaired) electrons. The van der Waals surface area contributed by atoms with Gasteiger partial charge in [0.15, 0.2) is 0 Å². The fraction of sp³-hybridized carbons (Fsp3) is 0.571. The maximum atomic E-state index is 9.73. The molecule has 0 aliphatic heterocycles. The highest BCUT2D eigenvalue weighted by Gasteiger charge is 2.05. The Labute approximate surface area is 119 Å². The van der Waals surface area contributed by atoms with Crippen LogP contribution in [0, 0.1) is 0 Å². The Bertz CT molecular complexity index is 360. The maximum absolute atomic E-state index is 9.73. The zero-order chi connectivity index (χ0) is 14.1. The molecular weight excluding hydrogens is 266 g/mol. The highest BCUT2D eigenvalue weighted by atomic mass is 35.5. The van der Waals surface area contributed by atoms with Crippen LogP contribution in [0.1, 0.15) is 13.8 Å². The average molecular weight is 288 g/mol. The highest BCUT2D eigenvalue weighted by molar-refractivity contribution is 6.30. The Balaban J connectivity index is 2.09. The van der Waals surface area contributed by atoms with E-state index in [1.807, 2.05) is 26.0 Å². The molecule has 2 N–H and O–H groups in total. The van der Waals surface area contributed by atoms with Crippen molar-refractivity contribution in [2.75, 3.05) is 26.3 Å². The summed E-state index contributed by atoms with van der Waals surface area (Å²) in [5.74, 6) is 0.662. The summed E-state index contributed by atoms with van der Waals surface area (Å²) < 4.78 is 10.8. The SMILES string of the molecule is CC(C)OCCNCC(O)COc1cccc(Cl)c1. The second-order valence-corrected chi connectivity index (χ2v) is 4.98. The molecule has 0 aliphatic rings. The van der Waals surface area contributed by atoms with Crippen molar-refractivity contribution in [3.63, 3.8) is 0 Å². The second kappa shape index (κ2) is 9.15. The molecule has 0 saturated carbocycles. The zero-order valence-corrected chi connectivity index (χ0v) is 12.2. The fourth-order valence-electron chi connectivity index (χ4n) is 1.44. The van der Waals surface area contributed by atoms with Crippen molar-refractivity contribution in [1.82, 2.24) is 5.32 Å². The Kier molecular flexibility index (Phi) is 7.82. The van der Waals surface area contributed by atoms with E-state index in [1.54, 1.807) is 12.1 Å². The van der Waals surface area contributed by atoms with Crippen LogP contribution in [0.3, 0.4) is 0 Å². The van der Waals surface area contributed by atoms with Crippen LogP contribution in [0.5, 0.6) is 5.75 Å². The van der Waals surface area contributed by atoms with E-state index in [4.69, 9.17) is 21.1 Å². The molecule has 108 valence electrons. The molecule has 1 unspecified atom stereocenters. The number of hydrogen-bond donors (Lipinski definition) is 2. The molecule has 0 spiro atoms. The van der Waals surface area contributed by atoms with Gasteiger partial charge in [0.1, 0.15) is 18.5 Å². The largest absolute Gasteiger partial charge is 0.491 e. The molecule has 0 aromatic heterocycles. The van der Waals surface area contributed by atoms with Gasteiger partial charge in [-0.25, -0.2) is 0 Å². The van der Waals surface area contributed by atoms with Gasteiger partial charge in [-0.05, 0) is 32.0 Å². The topological polar surface area (TPSA) is 50.7 Å². The first-order chi connectivity index (χ1) is 9.08. The lowest BCUT2D eigenvalue weighted by atomic mass is 10.3. The Morgan fingerprint density at radius 1 is 1.37 bits per heavy atom. The monoisotopic (exact) mass is 287 g/mol. The number of hydrogen-bond acceptors (Lipinski definition) is 4. The molecule has 1 aromatic carbocycles. The lowest BCUT2D eigenvalue weighted by Crippen LogP contribution is -2.33. The van der Waals surface area contributed by atoms with Crippen LogP contribution in [0.25, 0.3) is 0 Å². The Hall–Kier alpha value is -0.810. The summed E-state index contributed by atoms with van der Waals surface area (Å²) >= 11 is 5.84. The number of halogens is 1. The first-order valence-electron chi connectivity index (χ1n) is 6.46. The van der Waals surface area contributed by atoms with Gasteiger partial charge in [-0.3, -0.25) is 0 Å². The third-order valence-electron chi connectivity index (χ3n) is 2.35. The molecule has 4 nitrogen and oxygen atoms in total. The van der Waals surface area contributed by atoms with Crippen LogP contribution in [0.4, 0.5) is 0 Å². The average Bonchev–Trinajstić information content (AvgIpc) is 2.35. The van der Waals surface area contributed by atoms with Crippen molar-refractivity contribution in [2.45, 2.75) is 26.1 Å². The quantitative estimate of drug-likeness (QED) is 0.683. The first kappa shape index (κ1) is 16.2. The summed E-state index contributed by atoms with van der Waals surface area (Å²) in [4.78, 5) is 0. The smallest absolute Gasteiger partial charge is 0.120 e. The van der Waals surface area contributed by atoms with Gasteiger partial charge in [0.2, 0.25) is 0 Å². The summed E-state index contributed by atoms with van der Waals surface area (Å²) in [7, 11) is 0. The highest BCUT2D eigenvalue weighted by Crippen LogP contribution is 2.17. The normalized spacial score (nSPS) is 12.7. The van der Waals surface area contributed by atoms with Crippen LogP contribution in [0.2, 0.25) is 5.02 Å². The number of benzene rings is 1. The summed E-state index contributed by atoms with van der Waals surface area (Å²) in [6, 6.07) is 7.12. The van der Waals surface area contributed by atoms with E-state index < -0.39 is 6.10 Å². The third-order valence-corrected chi connectivity index (χ3v) is 2.58. The summed E-state index contributed by atoms with van der Waals surface area (Å²) in [6.45, 7) is 6.05. The van der Waals surface area contributed by atoms with Crippen molar-refractivity contribution in [2.24, 2.45) is 0 Å². The number of ether oxygens (including phenoxy) is 2. The van der Waals surface area contributed by atoms with E-state index in [0.717, 1.165) is 0 Å². The number of nitrogens with one attached hydrogen (secondary N) is 1. The van der Waals surface area contributed by atoms with E-state index >= 15 is 0 Å². The minimum Gasteiger partial charge on any atom is -0.491 e. The molecule has 0 amide bonds. The molecule has 0 bridgehead atoms.